The van der Waals surface area contributed by atoms with Crippen molar-refractivity contribution < 1.29 is 9.59 Å². The van der Waals surface area contributed by atoms with Crippen LogP contribution in [0.3, 0.4) is 0 Å². The van der Waals surface area contributed by atoms with Crippen molar-refractivity contribution in [1.29, 1.82) is 0 Å². The van der Waals surface area contributed by atoms with Crippen molar-refractivity contribution in [2.45, 2.75) is 13.3 Å². The average Bonchev–Trinajstić information content (AvgIpc) is 3.26. The van der Waals surface area contributed by atoms with Gasteiger partial charge in [0.2, 0.25) is 5.82 Å². The Morgan fingerprint density at radius 3 is 2.27 bits per heavy atom. The number of hydrazone groups is 1. The molecule has 3 aromatic rings. The number of hydrogen-bond acceptors (Lipinski definition) is 5. The Balaban J connectivity index is 1.82. The Bertz CT molecular complexity index is 952. The van der Waals surface area contributed by atoms with Crippen molar-refractivity contribution in [1.82, 2.24) is 19.8 Å². The summed E-state index contributed by atoms with van der Waals surface area (Å²) in [5.74, 6) is -0.546. The summed E-state index contributed by atoms with van der Waals surface area (Å²) in [6.07, 6.45) is 0.136. The van der Waals surface area contributed by atoms with Crippen LogP contribution in [0.2, 0.25) is 0 Å². The first-order valence-electron chi connectivity index (χ1n) is 8.13. The molecule has 2 amide bonds. The lowest BCUT2D eigenvalue weighted by Gasteiger charge is -2.06. The highest BCUT2D eigenvalue weighted by Gasteiger charge is 2.31. The van der Waals surface area contributed by atoms with Crippen LogP contribution >= 0.6 is 0 Å². The molecule has 0 bridgehead atoms. The Kier molecular flexibility index (Phi) is 3.89. The van der Waals surface area contributed by atoms with E-state index in [1.165, 1.54) is 0 Å². The van der Waals surface area contributed by atoms with Crippen molar-refractivity contribution in [3.8, 4) is 17.1 Å². The highest BCUT2D eigenvalue weighted by molar-refractivity contribution is 6.13. The van der Waals surface area contributed by atoms with Gasteiger partial charge in [0.05, 0.1) is 12.1 Å². The summed E-state index contributed by atoms with van der Waals surface area (Å²) >= 11 is 0. The summed E-state index contributed by atoms with van der Waals surface area (Å²) in [7, 11) is 0. The number of hydrogen-bond donors (Lipinski definition) is 0. The summed E-state index contributed by atoms with van der Waals surface area (Å²) in [5, 5.41) is 9.19. The Morgan fingerprint density at radius 2 is 1.65 bits per heavy atom. The van der Waals surface area contributed by atoms with Gasteiger partial charge in [0.1, 0.15) is 0 Å². The van der Waals surface area contributed by atoms with Crippen molar-refractivity contribution in [3.05, 3.63) is 66.5 Å². The molecule has 0 saturated carbocycles. The third kappa shape index (κ3) is 2.79. The molecule has 0 unspecified atom stereocenters. The van der Waals surface area contributed by atoms with Crippen LogP contribution in [0, 0.1) is 0 Å². The molecule has 1 aromatic heterocycles. The molecule has 0 atom stereocenters. The van der Waals surface area contributed by atoms with Gasteiger partial charge < -0.3 is 0 Å². The number of benzene rings is 2. The molecule has 0 saturated heterocycles. The molecule has 2 heterocycles. The molecule has 1 aliphatic heterocycles. The lowest BCUT2D eigenvalue weighted by Crippen LogP contribution is -2.29. The van der Waals surface area contributed by atoms with E-state index in [2.05, 4.69) is 15.2 Å². The van der Waals surface area contributed by atoms with Gasteiger partial charge in [-0.25, -0.2) is 9.67 Å². The summed E-state index contributed by atoms with van der Waals surface area (Å²) in [6, 6.07) is 18.9. The first kappa shape index (κ1) is 15.9. The number of carbonyl (C=O) groups is 2. The van der Waals surface area contributed by atoms with Crippen LogP contribution in [-0.2, 0) is 4.79 Å². The fourth-order valence-electron chi connectivity index (χ4n) is 2.73. The molecule has 7 nitrogen and oxygen atoms in total. The van der Waals surface area contributed by atoms with E-state index in [-0.39, 0.29) is 18.2 Å². The molecule has 2 aromatic carbocycles. The second-order valence-electron chi connectivity index (χ2n) is 5.90. The normalized spacial score (nSPS) is 13.8. The molecule has 0 spiro atoms. The second-order valence-corrected chi connectivity index (χ2v) is 5.90. The lowest BCUT2D eigenvalue weighted by molar-refractivity contribution is -0.126. The molecule has 0 N–H and O–H groups in total. The number of imide groups is 1. The molecule has 1 aliphatic rings. The zero-order valence-corrected chi connectivity index (χ0v) is 14.0. The highest BCUT2D eigenvalue weighted by Crippen LogP contribution is 2.22. The monoisotopic (exact) mass is 345 g/mol. The van der Waals surface area contributed by atoms with Gasteiger partial charge in [-0.05, 0) is 19.1 Å². The van der Waals surface area contributed by atoms with E-state index in [0.717, 1.165) is 16.3 Å². The van der Waals surface area contributed by atoms with Crippen molar-refractivity contribution in [2.24, 2.45) is 5.10 Å². The second kappa shape index (κ2) is 6.36. The van der Waals surface area contributed by atoms with E-state index in [9.17, 15) is 9.59 Å². The number of rotatable bonds is 3. The summed E-state index contributed by atoms with van der Waals surface area (Å²) in [4.78, 5) is 29.1. The summed E-state index contributed by atoms with van der Waals surface area (Å²) < 4.78 is 1.60. The van der Waals surface area contributed by atoms with Crippen molar-refractivity contribution >= 4 is 17.5 Å². The van der Waals surface area contributed by atoms with Crippen molar-refractivity contribution in [3.63, 3.8) is 0 Å². The quantitative estimate of drug-likeness (QED) is 0.684. The van der Waals surface area contributed by atoms with Crippen LogP contribution in [0.1, 0.15) is 24.0 Å². The van der Waals surface area contributed by atoms with Crippen LogP contribution in [-0.4, -0.2) is 37.3 Å². The molecule has 4 rings (SSSR count). The van der Waals surface area contributed by atoms with E-state index in [1.54, 1.807) is 11.6 Å². The fraction of sp³-hybridized carbons (Fsp3) is 0.105. The predicted molar refractivity (Wildman–Crippen MR) is 95.7 cm³/mol. The SMILES string of the molecule is CC1=NN(C(=O)c2nc(-c3ccccc3)n(-c3ccccc3)n2)C(=O)C1. The van der Waals surface area contributed by atoms with Gasteiger partial charge >= 0.3 is 5.91 Å². The van der Waals surface area contributed by atoms with Gasteiger partial charge in [-0.15, -0.1) is 5.10 Å². The van der Waals surface area contributed by atoms with Gasteiger partial charge in [-0.3, -0.25) is 9.59 Å². The standard InChI is InChI=1S/C19H15N5O2/c1-13-12-16(25)24(21-13)19(26)17-20-18(14-8-4-2-5-9-14)23(22-17)15-10-6-3-7-11-15/h2-11H,12H2,1H3. The predicted octanol–water partition coefficient (Wildman–Crippen LogP) is 2.68. The first-order valence-corrected chi connectivity index (χ1v) is 8.13. The zero-order chi connectivity index (χ0) is 18.1. The number of carbonyl (C=O) groups excluding carboxylic acids is 2. The lowest BCUT2D eigenvalue weighted by atomic mass is 10.2. The van der Waals surface area contributed by atoms with E-state index in [4.69, 9.17) is 0 Å². The minimum absolute atomic E-state index is 0.0699. The average molecular weight is 345 g/mol. The van der Waals surface area contributed by atoms with Gasteiger partial charge in [-0.2, -0.15) is 10.1 Å². The van der Waals surface area contributed by atoms with Crippen LogP contribution in [0.15, 0.2) is 65.8 Å². The van der Waals surface area contributed by atoms with Gasteiger partial charge in [0, 0.05) is 11.3 Å². The number of aromatic nitrogens is 3. The molecular weight excluding hydrogens is 330 g/mol. The maximum absolute atomic E-state index is 12.7. The Labute approximate surface area is 149 Å². The maximum atomic E-state index is 12.7. The number of para-hydroxylation sites is 1. The van der Waals surface area contributed by atoms with Crippen LogP contribution in [0.5, 0.6) is 0 Å². The Morgan fingerprint density at radius 1 is 1.00 bits per heavy atom. The minimum Gasteiger partial charge on any atom is -0.272 e. The molecular formula is C19H15N5O2. The van der Waals surface area contributed by atoms with Gasteiger partial charge in [0.25, 0.3) is 5.91 Å². The van der Waals surface area contributed by atoms with Crippen LogP contribution < -0.4 is 0 Å². The van der Waals surface area contributed by atoms with Crippen molar-refractivity contribution in [2.75, 3.05) is 0 Å². The van der Waals surface area contributed by atoms with Gasteiger partial charge in [0.15, 0.2) is 5.82 Å². The summed E-state index contributed by atoms with van der Waals surface area (Å²) in [5.41, 5.74) is 2.18. The minimum atomic E-state index is -0.626. The van der Waals surface area contributed by atoms with Crippen LogP contribution in [0.4, 0.5) is 0 Å². The third-order valence-electron chi connectivity index (χ3n) is 3.94. The maximum Gasteiger partial charge on any atom is 0.320 e. The fourth-order valence-corrected chi connectivity index (χ4v) is 2.73. The number of nitrogens with zero attached hydrogens (tertiary/aromatic N) is 5. The molecule has 0 fully saturated rings. The molecule has 7 heteroatoms. The van der Waals surface area contributed by atoms with Gasteiger partial charge in [-0.1, -0.05) is 48.5 Å². The molecule has 26 heavy (non-hydrogen) atoms. The highest BCUT2D eigenvalue weighted by atomic mass is 16.2. The van der Waals surface area contributed by atoms with Crippen LogP contribution in [0.25, 0.3) is 17.1 Å². The smallest absolute Gasteiger partial charge is 0.272 e. The third-order valence-corrected chi connectivity index (χ3v) is 3.94. The van der Waals surface area contributed by atoms with E-state index < -0.39 is 5.91 Å². The molecule has 0 radical (unpaired) electrons. The van der Waals surface area contributed by atoms with E-state index >= 15 is 0 Å². The van der Waals surface area contributed by atoms with E-state index in [1.807, 2.05) is 60.7 Å². The van der Waals surface area contributed by atoms with E-state index in [0.29, 0.717) is 11.5 Å². The number of amides is 2. The first-order chi connectivity index (χ1) is 12.6. The zero-order valence-electron chi connectivity index (χ0n) is 14.0. The topological polar surface area (TPSA) is 80.5 Å². The largest absolute Gasteiger partial charge is 0.320 e. The summed E-state index contributed by atoms with van der Waals surface area (Å²) in [6.45, 7) is 1.70. The Hall–Kier alpha value is -3.61. The molecule has 128 valence electrons. The molecule has 0 aliphatic carbocycles.